The van der Waals surface area contributed by atoms with Crippen LogP contribution in [0.4, 0.5) is 0 Å². The first-order valence-electron chi connectivity index (χ1n) is 5.26. The second-order valence-electron chi connectivity index (χ2n) is 3.85. The standard InChI is InChI=1S/C10H12BrN3O3S/c1-18(15,16)6-2-5-17-10-4-3-9-12-7-8(11)14(9)13-10/h3-4,7H,2,5-6H2,1H3. The van der Waals surface area contributed by atoms with E-state index in [2.05, 4.69) is 26.0 Å². The molecule has 2 heterocycles. The first kappa shape index (κ1) is 13.3. The molecule has 0 saturated heterocycles. The lowest BCUT2D eigenvalue weighted by atomic mass is 10.5. The summed E-state index contributed by atoms with van der Waals surface area (Å²) in [4.78, 5) is 4.11. The zero-order chi connectivity index (χ0) is 13.2. The molecule has 2 aromatic heterocycles. The third-order valence-electron chi connectivity index (χ3n) is 2.21. The van der Waals surface area contributed by atoms with Crippen LogP contribution in [0.2, 0.25) is 0 Å². The first-order valence-corrected chi connectivity index (χ1v) is 8.12. The molecule has 0 amide bonds. The molecule has 18 heavy (non-hydrogen) atoms. The van der Waals surface area contributed by atoms with Crippen LogP contribution in [0.5, 0.6) is 5.88 Å². The third-order valence-corrected chi connectivity index (χ3v) is 3.78. The van der Waals surface area contributed by atoms with E-state index in [1.165, 1.54) is 6.26 Å². The maximum atomic E-state index is 10.9. The quantitative estimate of drug-likeness (QED) is 0.771. The fourth-order valence-corrected chi connectivity index (χ4v) is 2.41. The maximum Gasteiger partial charge on any atom is 0.231 e. The molecule has 0 spiro atoms. The molecule has 0 fully saturated rings. The van der Waals surface area contributed by atoms with Gasteiger partial charge in [-0.05, 0) is 28.4 Å². The number of rotatable bonds is 5. The van der Waals surface area contributed by atoms with E-state index in [4.69, 9.17) is 4.74 Å². The van der Waals surface area contributed by atoms with Gasteiger partial charge in [-0.25, -0.2) is 17.9 Å². The summed E-state index contributed by atoms with van der Waals surface area (Å²) in [5, 5.41) is 4.20. The summed E-state index contributed by atoms with van der Waals surface area (Å²) < 4.78 is 29.6. The van der Waals surface area contributed by atoms with Gasteiger partial charge in [0.15, 0.2) is 5.65 Å². The second kappa shape index (κ2) is 5.23. The largest absolute Gasteiger partial charge is 0.477 e. The molecular formula is C10H12BrN3O3S. The van der Waals surface area contributed by atoms with Crippen LogP contribution in [-0.4, -0.2) is 41.6 Å². The number of fused-ring (bicyclic) bond motifs is 1. The average molecular weight is 334 g/mol. The maximum absolute atomic E-state index is 10.9. The molecule has 2 aromatic rings. The summed E-state index contributed by atoms with van der Waals surface area (Å²) in [6, 6.07) is 3.48. The van der Waals surface area contributed by atoms with Crippen LogP contribution in [0, 0.1) is 0 Å². The Labute approximate surface area is 113 Å². The Morgan fingerprint density at radius 3 is 2.94 bits per heavy atom. The van der Waals surface area contributed by atoms with Gasteiger partial charge >= 0.3 is 0 Å². The molecule has 0 bridgehead atoms. The van der Waals surface area contributed by atoms with Crippen molar-refractivity contribution in [3.63, 3.8) is 0 Å². The van der Waals surface area contributed by atoms with E-state index < -0.39 is 9.84 Å². The Morgan fingerprint density at radius 1 is 1.44 bits per heavy atom. The number of halogens is 1. The molecule has 0 aliphatic rings. The molecule has 0 N–H and O–H groups in total. The summed E-state index contributed by atoms with van der Waals surface area (Å²) in [6.07, 6.45) is 3.30. The normalized spacial score (nSPS) is 11.9. The van der Waals surface area contributed by atoms with Crippen molar-refractivity contribution in [1.29, 1.82) is 0 Å². The van der Waals surface area contributed by atoms with E-state index in [1.807, 2.05) is 0 Å². The first-order chi connectivity index (χ1) is 8.46. The molecule has 0 unspecified atom stereocenters. The molecule has 6 nitrogen and oxygen atoms in total. The van der Waals surface area contributed by atoms with Crippen molar-refractivity contribution in [2.75, 3.05) is 18.6 Å². The number of imidazole rings is 1. The van der Waals surface area contributed by atoms with Gasteiger partial charge in [0, 0.05) is 12.3 Å². The van der Waals surface area contributed by atoms with Crippen LogP contribution in [-0.2, 0) is 9.84 Å². The minimum Gasteiger partial charge on any atom is -0.477 e. The molecule has 0 aliphatic carbocycles. The smallest absolute Gasteiger partial charge is 0.231 e. The molecule has 0 radical (unpaired) electrons. The van der Waals surface area contributed by atoms with Gasteiger partial charge in [0.05, 0.1) is 18.6 Å². The highest BCUT2D eigenvalue weighted by Gasteiger charge is 2.05. The van der Waals surface area contributed by atoms with E-state index in [9.17, 15) is 8.42 Å². The summed E-state index contributed by atoms with van der Waals surface area (Å²) in [5.41, 5.74) is 0.713. The van der Waals surface area contributed by atoms with Crippen molar-refractivity contribution >= 4 is 31.4 Å². The summed E-state index contributed by atoms with van der Waals surface area (Å²) in [5.74, 6) is 0.555. The van der Waals surface area contributed by atoms with Crippen molar-refractivity contribution in [1.82, 2.24) is 14.6 Å². The highest BCUT2D eigenvalue weighted by atomic mass is 79.9. The molecule has 0 saturated carbocycles. The van der Waals surface area contributed by atoms with Crippen LogP contribution in [0.15, 0.2) is 22.9 Å². The highest BCUT2D eigenvalue weighted by molar-refractivity contribution is 9.10. The molecule has 0 aliphatic heterocycles. The van der Waals surface area contributed by atoms with Crippen molar-refractivity contribution in [3.05, 3.63) is 22.9 Å². The van der Waals surface area contributed by atoms with Crippen molar-refractivity contribution in [2.45, 2.75) is 6.42 Å². The topological polar surface area (TPSA) is 73.6 Å². The lowest BCUT2D eigenvalue weighted by Gasteiger charge is -2.05. The molecule has 8 heteroatoms. The van der Waals surface area contributed by atoms with Crippen molar-refractivity contribution < 1.29 is 13.2 Å². The summed E-state index contributed by atoms with van der Waals surface area (Å²) >= 11 is 3.31. The lowest BCUT2D eigenvalue weighted by Crippen LogP contribution is -2.09. The highest BCUT2D eigenvalue weighted by Crippen LogP contribution is 2.14. The zero-order valence-electron chi connectivity index (χ0n) is 9.71. The molecule has 0 aromatic carbocycles. The number of nitrogens with zero attached hydrogens (tertiary/aromatic N) is 3. The van der Waals surface area contributed by atoms with Gasteiger partial charge in [0.1, 0.15) is 14.4 Å². The van der Waals surface area contributed by atoms with Gasteiger partial charge in [-0.3, -0.25) is 0 Å². The predicted octanol–water partition coefficient (Wildman–Crippen LogP) is 1.31. The SMILES string of the molecule is CS(=O)(=O)CCCOc1ccc2ncc(Br)n2n1. The molecular weight excluding hydrogens is 322 g/mol. The van der Waals surface area contributed by atoms with E-state index in [0.29, 0.717) is 24.6 Å². The van der Waals surface area contributed by atoms with Gasteiger partial charge in [-0.2, -0.15) is 0 Å². The van der Waals surface area contributed by atoms with Gasteiger partial charge < -0.3 is 4.74 Å². The van der Waals surface area contributed by atoms with Gasteiger partial charge in [-0.15, -0.1) is 5.10 Å². The Morgan fingerprint density at radius 2 is 2.22 bits per heavy atom. The number of aromatic nitrogens is 3. The summed E-state index contributed by atoms with van der Waals surface area (Å²) in [7, 11) is -2.93. The Hall–Kier alpha value is -1.15. The van der Waals surface area contributed by atoms with E-state index in [0.717, 1.165) is 4.60 Å². The Balaban J connectivity index is 1.97. The van der Waals surface area contributed by atoms with Crippen LogP contribution in [0.25, 0.3) is 5.65 Å². The molecule has 98 valence electrons. The van der Waals surface area contributed by atoms with Crippen LogP contribution >= 0.6 is 15.9 Å². The Bertz CT molecular complexity index is 653. The number of hydrogen-bond acceptors (Lipinski definition) is 5. The predicted molar refractivity (Wildman–Crippen MR) is 70.5 cm³/mol. The lowest BCUT2D eigenvalue weighted by molar-refractivity contribution is 0.300. The third kappa shape index (κ3) is 3.42. The minimum absolute atomic E-state index is 0.115. The zero-order valence-corrected chi connectivity index (χ0v) is 12.1. The van der Waals surface area contributed by atoms with E-state index >= 15 is 0 Å². The van der Waals surface area contributed by atoms with Crippen molar-refractivity contribution in [3.8, 4) is 5.88 Å². The second-order valence-corrected chi connectivity index (χ2v) is 6.93. The molecule has 2 rings (SSSR count). The van der Waals surface area contributed by atoms with Crippen LogP contribution in [0.3, 0.4) is 0 Å². The number of hydrogen-bond donors (Lipinski definition) is 0. The van der Waals surface area contributed by atoms with Crippen molar-refractivity contribution in [2.24, 2.45) is 0 Å². The minimum atomic E-state index is -2.93. The van der Waals surface area contributed by atoms with E-state index in [-0.39, 0.29) is 5.75 Å². The summed E-state index contributed by atoms with van der Waals surface area (Å²) in [6.45, 7) is 0.317. The van der Waals surface area contributed by atoms with Gasteiger partial charge in [-0.1, -0.05) is 0 Å². The number of ether oxygens (including phenoxy) is 1. The molecule has 0 atom stereocenters. The van der Waals surface area contributed by atoms with Crippen LogP contribution < -0.4 is 4.74 Å². The van der Waals surface area contributed by atoms with Gasteiger partial charge in [0.25, 0.3) is 0 Å². The fraction of sp³-hybridized carbons (Fsp3) is 0.400. The Kier molecular flexibility index (Phi) is 3.86. The van der Waals surface area contributed by atoms with Gasteiger partial charge in [0.2, 0.25) is 5.88 Å². The van der Waals surface area contributed by atoms with E-state index in [1.54, 1.807) is 22.8 Å². The monoisotopic (exact) mass is 333 g/mol. The van der Waals surface area contributed by atoms with Crippen LogP contribution in [0.1, 0.15) is 6.42 Å². The number of sulfone groups is 1. The fourth-order valence-electron chi connectivity index (χ4n) is 1.40. The average Bonchev–Trinajstić information content (AvgIpc) is 2.65.